The van der Waals surface area contributed by atoms with Crippen LogP contribution in [0.15, 0.2) is 24.3 Å². The molecule has 0 heterocycles. The molecule has 0 aliphatic carbocycles. The standard InChI is InChI=1S/C11H15ClO/c1-9-4-2-5-10(8-9)11(13)6-3-7-12/h2,4-5,8,11,13H,3,6-7H2,1H3/t11-/m1/s1. The zero-order chi connectivity index (χ0) is 9.68. The lowest BCUT2D eigenvalue weighted by Gasteiger charge is -2.10. The maximum Gasteiger partial charge on any atom is 0.0790 e. The van der Waals surface area contributed by atoms with Gasteiger partial charge in [0, 0.05) is 5.88 Å². The Hall–Kier alpha value is -0.530. The molecular weight excluding hydrogens is 184 g/mol. The first-order valence-corrected chi connectivity index (χ1v) is 5.08. The van der Waals surface area contributed by atoms with Crippen molar-refractivity contribution < 1.29 is 5.11 Å². The summed E-state index contributed by atoms with van der Waals surface area (Å²) >= 11 is 5.55. The van der Waals surface area contributed by atoms with Crippen molar-refractivity contribution in [2.45, 2.75) is 25.9 Å². The SMILES string of the molecule is Cc1cccc([C@H](O)CCCCl)c1. The Morgan fingerprint density at radius 2 is 2.23 bits per heavy atom. The highest BCUT2D eigenvalue weighted by atomic mass is 35.5. The van der Waals surface area contributed by atoms with Crippen molar-refractivity contribution in [1.82, 2.24) is 0 Å². The van der Waals surface area contributed by atoms with Crippen LogP contribution in [0.4, 0.5) is 0 Å². The summed E-state index contributed by atoms with van der Waals surface area (Å²) in [6.07, 6.45) is 1.24. The van der Waals surface area contributed by atoms with Gasteiger partial charge in [-0.2, -0.15) is 0 Å². The molecule has 0 saturated carbocycles. The molecule has 0 aliphatic heterocycles. The minimum absolute atomic E-state index is 0.362. The molecule has 0 aromatic heterocycles. The van der Waals surface area contributed by atoms with Crippen LogP contribution in [-0.4, -0.2) is 11.0 Å². The Bertz CT molecular complexity index is 260. The monoisotopic (exact) mass is 198 g/mol. The predicted molar refractivity (Wildman–Crippen MR) is 56.1 cm³/mol. The average Bonchev–Trinajstić information content (AvgIpc) is 2.14. The van der Waals surface area contributed by atoms with Crippen LogP contribution in [0.25, 0.3) is 0 Å². The highest BCUT2D eigenvalue weighted by Crippen LogP contribution is 2.19. The van der Waals surface area contributed by atoms with E-state index in [1.165, 1.54) is 5.56 Å². The van der Waals surface area contributed by atoms with E-state index in [0.29, 0.717) is 5.88 Å². The van der Waals surface area contributed by atoms with E-state index in [2.05, 4.69) is 0 Å². The molecule has 0 bridgehead atoms. The molecule has 1 aromatic rings. The van der Waals surface area contributed by atoms with Gasteiger partial charge >= 0.3 is 0 Å². The Kier molecular flexibility index (Phi) is 4.26. The fourth-order valence-electron chi connectivity index (χ4n) is 1.31. The summed E-state index contributed by atoms with van der Waals surface area (Å²) in [5.41, 5.74) is 2.17. The fourth-order valence-corrected chi connectivity index (χ4v) is 1.47. The van der Waals surface area contributed by atoms with Gasteiger partial charge < -0.3 is 5.11 Å². The molecule has 72 valence electrons. The van der Waals surface area contributed by atoms with Crippen LogP contribution in [0.3, 0.4) is 0 Å². The van der Waals surface area contributed by atoms with Gasteiger partial charge in [-0.25, -0.2) is 0 Å². The van der Waals surface area contributed by atoms with E-state index < -0.39 is 0 Å². The molecule has 0 fully saturated rings. The normalized spacial score (nSPS) is 12.8. The Labute approximate surface area is 84.4 Å². The predicted octanol–water partition coefficient (Wildman–Crippen LogP) is 3.05. The summed E-state index contributed by atoms with van der Waals surface area (Å²) in [5, 5.41) is 9.72. The first-order chi connectivity index (χ1) is 6.24. The number of halogens is 1. The van der Waals surface area contributed by atoms with Crippen molar-refractivity contribution in [3.8, 4) is 0 Å². The van der Waals surface area contributed by atoms with E-state index in [0.717, 1.165) is 18.4 Å². The molecular formula is C11H15ClO. The lowest BCUT2D eigenvalue weighted by Crippen LogP contribution is -1.97. The molecule has 1 atom stereocenters. The van der Waals surface area contributed by atoms with E-state index in [9.17, 15) is 5.11 Å². The van der Waals surface area contributed by atoms with Gasteiger partial charge in [-0.05, 0) is 25.3 Å². The number of alkyl halides is 1. The lowest BCUT2D eigenvalue weighted by molar-refractivity contribution is 0.166. The van der Waals surface area contributed by atoms with Gasteiger partial charge in [-0.1, -0.05) is 29.8 Å². The van der Waals surface area contributed by atoms with E-state index in [1.807, 2.05) is 31.2 Å². The van der Waals surface area contributed by atoms with Crippen molar-refractivity contribution in [2.75, 3.05) is 5.88 Å². The van der Waals surface area contributed by atoms with Gasteiger partial charge in [0.1, 0.15) is 0 Å². The smallest absolute Gasteiger partial charge is 0.0790 e. The van der Waals surface area contributed by atoms with Crippen LogP contribution in [0, 0.1) is 6.92 Å². The number of aliphatic hydroxyl groups excluding tert-OH is 1. The molecule has 1 nitrogen and oxygen atoms in total. The third-order valence-electron chi connectivity index (χ3n) is 2.04. The summed E-state index contributed by atoms with van der Waals surface area (Å²) in [7, 11) is 0. The van der Waals surface area contributed by atoms with Crippen LogP contribution < -0.4 is 0 Å². The zero-order valence-electron chi connectivity index (χ0n) is 7.83. The van der Waals surface area contributed by atoms with Crippen LogP contribution in [0.2, 0.25) is 0 Å². The molecule has 1 aromatic carbocycles. The van der Waals surface area contributed by atoms with Crippen molar-refractivity contribution in [2.24, 2.45) is 0 Å². The summed E-state index contributed by atoms with van der Waals surface area (Å²) < 4.78 is 0. The number of aryl methyl sites for hydroxylation is 1. The van der Waals surface area contributed by atoms with Crippen LogP contribution in [-0.2, 0) is 0 Å². The summed E-state index contributed by atoms with van der Waals surface area (Å²) in [5.74, 6) is 0.614. The lowest BCUT2D eigenvalue weighted by atomic mass is 10.0. The highest BCUT2D eigenvalue weighted by Gasteiger charge is 2.05. The summed E-state index contributed by atoms with van der Waals surface area (Å²) in [6.45, 7) is 2.03. The molecule has 1 rings (SSSR count). The van der Waals surface area contributed by atoms with Gasteiger partial charge in [0.15, 0.2) is 0 Å². The van der Waals surface area contributed by atoms with Crippen LogP contribution >= 0.6 is 11.6 Å². The maximum absolute atomic E-state index is 9.72. The number of hydrogen-bond donors (Lipinski definition) is 1. The molecule has 0 radical (unpaired) electrons. The zero-order valence-corrected chi connectivity index (χ0v) is 8.59. The quantitative estimate of drug-likeness (QED) is 0.738. The number of aliphatic hydroxyl groups is 1. The molecule has 0 unspecified atom stereocenters. The minimum Gasteiger partial charge on any atom is -0.388 e. The second-order valence-corrected chi connectivity index (χ2v) is 3.64. The first-order valence-electron chi connectivity index (χ1n) is 4.54. The molecule has 1 N–H and O–H groups in total. The average molecular weight is 199 g/mol. The van der Waals surface area contributed by atoms with Crippen molar-refractivity contribution in [1.29, 1.82) is 0 Å². The van der Waals surface area contributed by atoms with Gasteiger partial charge in [-0.15, -0.1) is 11.6 Å². The Morgan fingerprint density at radius 3 is 2.85 bits per heavy atom. The van der Waals surface area contributed by atoms with E-state index in [-0.39, 0.29) is 6.10 Å². The molecule has 0 spiro atoms. The second kappa shape index (κ2) is 5.25. The van der Waals surface area contributed by atoms with Crippen molar-refractivity contribution >= 4 is 11.6 Å². The number of benzene rings is 1. The third kappa shape index (κ3) is 3.37. The Balaban J connectivity index is 2.60. The molecule has 0 amide bonds. The van der Waals surface area contributed by atoms with Gasteiger partial charge in [0.05, 0.1) is 6.10 Å². The number of rotatable bonds is 4. The molecule has 13 heavy (non-hydrogen) atoms. The number of hydrogen-bond acceptors (Lipinski definition) is 1. The van der Waals surface area contributed by atoms with Crippen LogP contribution in [0.1, 0.15) is 30.1 Å². The first kappa shape index (κ1) is 10.6. The largest absolute Gasteiger partial charge is 0.388 e. The van der Waals surface area contributed by atoms with Crippen molar-refractivity contribution in [3.05, 3.63) is 35.4 Å². The minimum atomic E-state index is -0.362. The van der Waals surface area contributed by atoms with E-state index in [1.54, 1.807) is 0 Å². The summed E-state index contributed by atoms with van der Waals surface area (Å²) in [4.78, 5) is 0. The molecule has 0 aliphatic rings. The van der Waals surface area contributed by atoms with E-state index >= 15 is 0 Å². The third-order valence-corrected chi connectivity index (χ3v) is 2.31. The maximum atomic E-state index is 9.72. The van der Waals surface area contributed by atoms with Gasteiger partial charge in [-0.3, -0.25) is 0 Å². The summed E-state index contributed by atoms with van der Waals surface area (Å²) in [6, 6.07) is 7.96. The fraction of sp³-hybridized carbons (Fsp3) is 0.455. The molecule has 0 saturated heterocycles. The van der Waals surface area contributed by atoms with Gasteiger partial charge in [0.2, 0.25) is 0 Å². The highest BCUT2D eigenvalue weighted by molar-refractivity contribution is 6.17. The molecule has 2 heteroatoms. The van der Waals surface area contributed by atoms with Crippen molar-refractivity contribution in [3.63, 3.8) is 0 Å². The van der Waals surface area contributed by atoms with Gasteiger partial charge in [0.25, 0.3) is 0 Å². The topological polar surface area (TPSA) is 20.2 Å². The second-order valence-electron chi connectivity index (χ2n) is 3.26. The Morgan fingerprint density at radius 1 is 1.46 bits per heavy atom. The van der Waals surface area contributed by atoms with E-state index in [4.69, 9.17) is 11.6 Å². The van der Waals surface area contributed by atoms with Crippen LogP contribution in [0.5, 0.6) is 0 Å².